The standard InChI is InChI=1S/C14H16N2O6/c1-7-8(2-3-9-10(7)6-22-13(9)19)11(4-15-14(20)21)16-12(18)5-17/h2-3,11,15,17H,4-6H2,1H3,(H,16,18)(H,20,21)/t11-/m0/s1. The van der Waals surface area contributed by atoms with Crippen LogP contribution >= 0.6 is 0 Å². The van der Waals surface area contributed by atoms with E-state index in [9.17, 15) is 14.4 Å². The summed E-state index contributed by atoms with van der Waals surface area (Å²) < 4.78 is 4.96. The molecule has 1 aliphatic heterocycles. The minimum atomic E-state index is -1.22. The normalized spacial score (nSPS) is 14.0. The van der Waals surface area contributed by atoms with Crippen LogP contribution in [0.4, 0.5) is 4.79 Å². The second-order valence-electron chi connectivity index (χ2n) is 4.85. The lowest BCUT2D eigenvalue weighted by molar-refractivity contribution is -0.124. The average molecular weight is 308 g/mol. The van der Waals surface area contributed by atoms with Gasteiger partial charge in [0.05, 0.1) is 11.6 Å². The summed E-state index contributed by atoms with van der Waals surface area (Å²) in [6.45, 7) is 1.17. The largest absolute Gasteiger partial charge is 0.465 e. The SMILES string of the molecule is Cc1c([C@H](CNC(=O)O)NC(=O)CO)ccc2c1COC2=O. The Bertz CT molecular complexity index is 628. The second-order valence-corrected chi connectivity index (χ2v) is 4.85. The molecule has 22 heavy (non-hydrogen) atoms. The van der Waals surface area contributed by atoms with Crippen LogP contribution in [0.25, 0.3) is 0 Å². The third-order valence-electron chi connectivity index (χ3n) is 3.52. The topological polar surface area (TPSA) is 125 Å². The lowest BCUT2D eigenvalue weighted by Crippen LogP contribution is -2.39. The zero-order chi connectivity index (χ0) is 16.3. The molecule has 0 bridgehead atoms. The number of ether oxygens (including phenoxy) is 1. The fourth-order valence-electron chi connectivity index (χ4n) is 2.41. The van der Waals surface area contributed by atoms with Gasteiger partial charge in [0.1, 0.15) is 13.2 Å². The van der Waals surface area contributed by atoms with Crippen LogP contribution in [0.15, 0.2) is 12.1 Å². The van der Waals surface area contributed by atoms with E-state index in [4.69, 9.17) is 14.9 Å². The Morgan fingerprint density at radius 2 is 2.14 bits per heavy atom. The molecule has 0 unspecified atom stereocenters. The molecular weight excluding hydrogens is 292 g/mol. The summed E-state index contributed by atoms with van der Waals surface area (Å²) in [4.78, 5) is 33.6. The lowest BCUT2D eigenvalue weighted by atomic mass is 9.94. The smallest absolute Gasteiger partial charge is 0.404 e. The number of fused-ring (bicyclic) bond motifs is 1. The summed E-state index contributed by atoms with van der Waals surface area (Å²) in [5.74, 6) is -1.02. The maximum atomic E-state index is 11.5. The van der Waals surface area contributed by atoms with Gasteiger partial charge < -0.3 is 25.6 Å². The molecule has 0 aromatic heterocycles. The number of amides is 2. The quantitative estimate of drug-likeness (QED) is 0.571. The Balaban J connectivity index is 2.32. The molecule has 1 heterocycles. The number of hydrogen-bond acceptors (Lipinski definition) is 5. The van der Waals surface area contributed by atoms with Crippen LogP contribution in [0.5, 0.6) is 0 Å². The minimum Gasteiger partial charge on any atom is -0.465 e. The third kappa shape index (κ3) is 3.17. The lowest BCUT2D eigenvalue weighted by Gasteiger charge is -2.21. The van der Waals surface area contributed by atoms with Gasteiger partial charge in [-0.1, -0.05) is 6.07 Å². The van der Waals surface area contributed by atoms with Crippen LogP contribution in [0.2, 0.25) is 0 Å². The monoisotopic (exact) mass is 308 g/mol. The second kappa shape index (κ2) is 6.44. The molecule has 1 aromatic carbocycles. The van der Waals surface area contributed by atoms with Gasteiger partial charge in [-0.05, 0) is 24.1 Å². The van der Waals surface area contributed by atoms with Gasteiger partial charge >= 0.3 is 12.1 Å². The summed E-state index contributed by atoms with van der Waals surface area (Å²) in [6, 6.07) is 2.58. The molecule has 118 valence electrons. The number of carbonyl (C=O) groups excluding carboxylic acids is 2. The highest BCUT2D eigenvalue weighted by atomic mass is 16.5. The number of nitrogens with one attached hydrogen (secondary N) is 2. The number of aliphatic hydroxyl groups excluding tert-OH is 1. The molecule has 8 heteroatoms. The number of cyclic esters (lactones) is 1. The predicted molar refractivity (Wildman–Crippen MR) is 74.3 cm³/mol. The summed E-state index contributed by atoms with van der Waals surface area (Å²) in [5, 5.41) is 22.3. The number of aliphatic hydroxyl groups is 1. The first-order chi connectivity index (χ1) is 10.4. The molecule has 0 aliphatic carbocycles. The van der Waals surface area contributed by atoms with E-state index in [1.807, 2.05) is 0 Å². The molecule has 8 nitrogen and oxygen atoms in total. The van der Waals surface area contributed by atoms with E-state index in [-0.39, 0.29) is 13.2 Å². The van der Waals surface area contributed by atoms with E-state index in [0.717, 1.165) is 11.1 Å². The Kier molecular flexibility index (Phi) is 4.62. The van der Waals surface area contributed by atoms with Crippen molar-refractivity contribution in [1.82, 2.24) is 10.6 Å². The molecule has 2 rings (SSSR count). The highest BCUT2D eigenvalue weighted by Crippen LogP contribution is 2.28. The zero-order valence-corrected chi connectivity index (χ0v) is 11.9. The summed E-state index contributed by atoms with van der Waals surface area (Å²) in [6.07, 6.45) is -1.22. The Morgan fingerprint density at radius 3 is 2.77 bits per heavy atom. The average Bonchev–Trinajstić information content (AvgIpc) is 2.86. The van der Waals surface area contributed by atoms with Crippen molar-refractivity contribution in [3.8, 4) is 0 Å². The first-order valence-corrected chi connectivity index (χ1v) is 6.60. The number of benzene rings is 1. The van der Waals surface area contributed by atoms with Gasteiger partial charge in [-0.2, -0.15) is 0 Å². The van der Waals surface area contributed by atoms with Crippen molar-refractivity contribution in [2.75, 3.05) is 13.2 Å². The summed E-state index contributed by atoms with van der Waals surface area (Å²) in [5.41, 5.74) is 2.60. The van der Waals surface area contributed by atoms with Crippen LogP contribution in [-0.4, -0.2) is 41.3 Å². The Labute approximate surface area is 126 Å². The molecular formula is C14H16N2O6. The van der Waals surface area contributed by atoms with E-state index in [0.29, 0.717) is 11.1 Å². The number of rotatable bonds is 5. The van der Waals surface area contributed by atoms with Crippen molar-refractivity contribution in [1.29, 1.82) is 0 Å². The van der Waals surface area contributed by atoms with Crippen molar-refractivity contribution in [2.24, 2.45) is 0 Å². The number of hydrogen-bond donors (Lipinski definition) is 4. The minimum absolute atomic E-state index is 0.0600. The van der Waals surface area contributed by atoms with Crippen LogP contribution in [0.1, 0.15) is 33.1 Å². The van der Waals surface area contributed by atoms with Crippen LogP contribution < -0.4 is 10.6 Å². The molecule has 0 fully saturated rings. The van der Waals surface area contributed by atoms with Crippen molar-refractivity contribution in [3.63, 3.8) is 0 Å². The predicted octanol–water partition coefficient (Wildman–Crippen LogP) is 0.0826. The van der Waals surface area contributed by atoms with Gasteiger partial charge in [-0.25, -0.2) is 9.59 Å². The van der Waals surface area contributed by atoms with E-state index < -0.39 is 30.6 Å². The summed E-state index contributed by atoms with van der Waals surface area (Å²) >= 11 is 0. The van der Waals surface area contributed by atoms with Gasteiger partial charge in [0.2, 0.25) is 5.91 Å². The number of esters is 1. The Morgan fingerprint density at radius 1 is 1.41 bits per heavy atom. The van der Waals surface area contributed by atoms with E-state index in [1.54, 1.807) is 19.1 Å². The molecule has 2 amide bonds. The van der Waals surface area contributed by atoms with E-state index in [2.05, 4.69) is 10.6 Å². The number of carbonyl (C=O) groups is 3. The fourth-order valence-corrected chi connectivity index (χ4v) is 2.41. The molecule has 0 spiro atoms. The van der Waals surface area contributed by atoms with Crippen LogP contribution in [-0.2, 0) is 16.1 Å². The molecule has 1 aromatic rings. The van der Waals surface area contributed by atoms with Crippen molar-refractivity contribution < 1.29 is 29.3 Å². The highest BCUT2D eigenvalue weighted by Gasteiger charge is 2.26. The molecule has 0 saturated carbocycles. The van der Waals surface area contributed by atoms with E-state index in [1.165, 1.54) is 0 Å². The van der Waals surface area contributed by atoms with Gasteiger partial charge in [0.25, 0.3) is 0 Å². The van der Waals surface area contributed by atoms with E-state index >= 15 is 0 Å². The van der Waals surface area contributed by atoms with Crippen molar-refractivity contribution in [2.45, 2.75) is 19.6 Å². The number of carboxylic acid groups (broad SMARTS) is 1. The van der Waals surface area contributed by atoms with Gasteiger partial charge in [0.15, 0.2) is 0 Å². The molecule has 1 aliphatic rings. The molecule has 0 saturated heterocycles. The van der Waals surface area contributed by atoms with Gasteiger partial charge in [-0.15, -0.1) is 0 Å². The molecule has 0 radical (unpaired) electrons. The first kappa shape index (κ1) is 15.8. The van der Waals surface area contributed by atoms with Crippen LogP contribution in [0.3, 0.4) is 0 Å². The van der Waals surface area contributed by atoms with Gasteiger partial charge in [0, 0.05) is 12.1 Å². The molecule has 4 N–H and O–H groups in total. The maximum Gasteiger partial charge on any atom is 0.404 e. The van der Waals surface area contributed by atoms with Gasteiger partial charge in [-0.3, -0.25) is 4.79 Å². The summed E-state index contributed by atoms with van der Waals surface area (Å²) in [7, 11) is 0. The van der Waals surface area contributed by atoms with Crippen molar-refractivity contribution >= 4 is 18.0 Å². The Hall–Kier alpha value is -2.61. The fraction of sp³-hybridized carbons (Fsp3) is 0.357. The van der Waals surface area contributed by atoms with Crippen LogP contribution in [0, 0.1) is 6.92 Å². The van der Waals surface area contributed by atoms with Crippen molar-refractivity contribution in [3.05, 3.63) is 34.4 Å². The first-order valence-electron chi connectivity index (χ1n) is 6.60. The highest BCUT2D eigenvalue weighted by molar-refractivity contribution is 5.94. The zero-order valence-electron chi connectivity index (χ0n) is 11.9. The maximum absolute atomic E-state index is 11.5. The third-order valence-corrected chi connectivity index (χ3v) is 3.52. The molecule has 1 atom stereocenters.